The zero-order chi connectivity index (χ0) is 14.7. The highest BCUT2D eigenvalue weighted by Gasteiger charge is 2.34. The van der Waals surface area contributed by atoms with Gasteiger partial charge in [-0.25, -0.2) is 0 Å². The summed E-state index contributed by atoms with van der Waals surface area (Å²) in [6.07, 6.45) is 1.32. The molecule has 0 bridgehead atoms. The van der Waals surface area contributed by atoms with Crippen LogP contribution in [0.3, 0.4) is 0 Å². The van der Waals surface area contributed by atoms with E-state index in [4.69, 9.17) is 4.74 Å². The van der Waals surface area contributed by atoms with Crippen molar-refractivity contribution in [1.82, 2.24) is 10.2 Å². The molecule has 1 fully saturated rings. The Hall–Kier alpha value is -0.120. The Morgan fingerprint density at radius 3 is 2.26 bits per heavy atom. The van der Waals surface area contributed by atoms with Crippen LogP contribution in [0.4, 0.5) is 0 Å². The van der Waals surface area contributed by atoms with Crippen LogP contribution in [0.2, 0.25) is 0 Å². The number of hydrogen-bond acceptors (Lipinski definition) is 3. The van der Waals surface area contributed by atoms with Crippen molar-refractivity contribution in [3.63, 3.8) is 0 Å². The lowest BCUT2D eigenvalue weighted by Gasteiger charge is -2.32. The van der Waals surface area contributed by atoms with Crippen LogP contribution in [0, 0.1) is 11.3 Å². The summed E-state index contributed by atoms with van der Waals surface area (Å²) in [5.74, 6) is 0.807. The third-order valence-electron chi connectivity index (χ3n) is 4.19. The second kappa shape index (κ2) is 6.55. The molecular formula is C16H34N2O. The number of rotatable bonds is 5. The average molecular weight is 270 g/mol. The minimum absolute atomic E-state index is 0.176. The van der Waals surface area contributed by atoms with Crippen molar-refractivity contribution in [1.29, 1.82) is 0 Å². The molecule has 2 atom stereocenters. The average Bonchev–Trinajstić information content (AvgIpc) is 2.71. The van der Waals surface area contributed by atoms with Crippen molar-refractivity contribution in [2.45, 2.75) is 59.5 Å². The number of ether oxygens (including phenoxy) is 1. The van der Waals surface area contributed by atoms with E-state index in [1.807, 2.05) is 0 Å². The summed E-state index contributed by atoms with van der Waals surface area (Å²) in [4.78, 5) is 2.61. The summed E-state index contributed by atoms with van der Waals surface area (Å²) in [7, 11) is 1.81. The Balaban J connectivity index is 2.53. The Morgan fingerprint density at radius 2 is 1.84 bits per heavy atom. The molecule has 1 aliphatic heterocycles. The van der Waals surface area contributed by atoms with Gasteiger partial charge in [-0.1, -0.05) is 20.8 Å². The maximum Gasteiger partial charge on any atom is 0.0630 e. The SMILES string of the molecule is COCC(CNC(C)(C)C)N1CCC(C(C)(C)C)C1. The summed E-state index contributed by atoms with van der Waals surface area (Å²) in [5.41, 5.74) is 0.596. The van der Waals surface area contributed by atoms with Crippen LogP contribution in [-0.2, 0) is 4.74 Å². The summed E-state index contributed by atoms with van der Waals surface area (Å²) in [6, 6.07) is 0.497. The van der Waals surface area contributed by atoms with Crippen LogP contribution in [-0.4, -0.2) is 49.8 Å². The molecule has 1 N–H and O–H groups in total. The molecule has 0 spiro atoms. The lowest BCUT2D eigenvalue weighted by Crippen LogP contribution is -2.49. The van der Waals surface area contributed by atoms with Crippen LogP contribution in [0.1, 0.15) is 48.0 Å². The van der Waals surface area contributed by atoms with Gasteiger partial charge in [0.1, 0.15) is 0 Å². The van der Waals surface area contributed by atoms with E-state index in [0.29, 0.717) is 11.5 Å². The number of methoxy groups -OCH3 is 1. The van der Waals surface area contributed by atoms with Gasteiger partial charge >= 0.3 is 0 Å². The molecule has 0 radical (unpaired) electrons. The van der Waals surface area contributed by atoms with Gasteiger partial charge < -0.3 is 10.1 Å². The van der Waals surface area contributed by atoms with Gasteiger partial charge in [-0.15, -0.1) is 0 Å². The molecule has 0 aromatic carbocycles. The Kier molecular flexibility index (Phi) is 5.84. The Morgan fingerprint density at radius 1 is 1.21 bits per heavy atom. The molecule has 19 heavy (non-hydrogen) atoms. The molecule has 1 rings (SSSR count). The molecule has 0 aromatic rings. The van der Waals surface area contributed by atoms with Gasteiger partial charge in [0.05, 0.1) is 6.61 Å². The standard InChI is InChI=1S/C16H34N2O/c1-15(2,3)13-8-9-18(11-13)14(12-19-7)10-17-16(4,5)6/h13-14,17H,8-12H2,1-7H3. The van der Waals surface area contributed by atoms with Crippen molar-refractivity contribution in [3.8, 4) is 0 Å². The van der Waals surface area contributed by atoms with Crippen LogP contribution in [0.15, 0.2) is 0 Å². The normalized spacial score (nSPS) is 23.8. The molecule has 0 saturated carbocycles. The van der Waals surface area contributed by atoms with Crippen LogP contribution in [0.25, 0.3) is 0 Å². The van der Waals surface area contributed by atoms with Crippen LogP contribution >= 0.6 is 0 Å². The van der Waals surface area contributed by atoms with Crippen molar-refractivity contribution < 1.29 is 4.74 Å². The highest BCUT2D eigenvalue weighted by Crippen LogP contribution is 2.34. The van der Waals surface area contributed by atoms with Gasteiger partial charge in [-0.3, -0.25) is 4.90 Å². The highest BCUT2D eigenvalue weighted by molar-refractivity contribution is 4.88. The number of nitrogens with one attached hydrogen (secondary N) is 1. The highest BCUT2D eigenvalue weighted by atomic mass is 16.5. The van der Waals surface area contributed by atoms with Gasteiger partial charge in [0, 0.05) is 31.8 Å². The monoisotopic (exact) mass is 270 g/mol. The van der Waals surface area contributed by atoms with E-state index in [-0.39, 0.29) is 5.54 Å². The fourth-order valence-electron chi connectivity index (χ4n) is 2.74. The van der Waals surface area contributed by atoms with Crippen LogP contribution < -0.4 is 5.32 Å². The summed E-state index contributed by atoms with van der Waals surface area (Å²) in [5, 5.41) is 3.62. The van der Waals surface area contributed by atoms with E-state index in [1.165, 1.54) is 19.5 Å². The van der Waals surface area contributed by atoms with Crippen molar-refractivity contribution >= 4 is 0 Å². The first-order valence-corrected chi connectivity index (χ1v) is 7.61. The Labute approximate surface area is 120 Å². The molecule has 3 nitrogen and oxygen atoms in total. The van der Waals surface area contributed by atoms with Crippen molar-refractivity contribution in [3.05, 3.63) is 0 Å². The van der Waals surface area contributed by atoms with E-state index in [9.17, 15) is 0 Å². The molecule has 3 heteroatoms. The number of nitrogens with zero attached hydrogens (tertiary/aromatic N) is 1. The van der Waals surface area contributed by atoms with E-state index >= 15 is 0 Å². The van der Waals surface area contributed by atoms with Crippen molar-refractivity contribution in [2.24, 2.45) is 11.3 Å². The molecule has 114 valence electrons. The minimum Gasteiger partial charge on any atom is -0.383 e. The van der Waals surface area contributed by atoms with E-state index in [0.717, 1.165) is 19.1 Å². The summed E-state index contributed by atoms with van der Waals surface area (Å²) < 4.78 is 5.42. The molecule has 0 amide bonds. The maximum atomic E-state index is 5.42. The lowest BCUT2D eigenvalue weighted by atomic mass is 9.80. The quantitative estimate of drug-likeness (QED) is 0.831. The second-order valence-electron chi connectivity index (χ2n) is 8.09. The summed E-state index contributed by atoms with van der Waals surface area (Å²) in [6.45, 7) is 18.0. The zero-order valence-corrected chi connectivity index (χ0v) is 14.0. The van der Waals surface area contributed by atoms with E-state index < -0.39 is 0 Å². The summed E-state index contributed by atoms with van der Waals surface area (Å²) >= 11 is 0. The fourth-order valence-corrected chi connectivity index (χ4v) is 2.74. The van der Waals surface area contributed by atoms with Crippen molar-refractivity contribution in [2.75, 3.05) is 33.4 Å². The molecule has 1 saturated heterocycles. The first-order valence-electron chi connectivity index (χ1n) is 7.61. The molecule has 1 heterocycles. The zero-order valence-electron chi connectivity index (χ0n) is 14.0. The van der Waals surface area contributed by atoms with Gasteiger partial charge in [0.25, 0.3) is 0 Å². The molecular weight excluding hydrogens is 236 g/mol. The van der Waals surface area contributed by atoms with Gasteiger partial charge in [0.2, 0.25) is 0 Å². The maximum absolute atomic E-state index is 5.42. The second-order valence-corrected chi connectivity index (χ2v) is 8.09. The number of likely N-dealkylation sites (tertiary alicyclic amines) is 1. The minimum atomic E-state index is 0.176. The molecule has 0 aliphatic carbocycles. The van der Waals surface area contributed by atoms with Gasteiger partial charge in [0.15, 0.2) is 0 Å². The van der Waals surface area contributed by atoms with E-state index in [2.05, 4.69) is 51.8 Å². The lowest BCUT2D eigenvalue weighted by molar-refractivity contribution is 0.0927. The molecule has 0 aromatic heterocycles. The molecule has 1 aliphatic rings. The van der Waals surface area contributed by atoms with Gasteiger partial charge in [-0.2, -0.15) is 0 Å². The first-order chi connectivity index (χ1) is 8.63. The number of hydrogen-bond donors (Lipinski definition) is 1. The van der Waals surface area contributed by atoms with Gasteiger partial charge in [-0.05, 0) is 45.1 Å². The largest absolute Gasteiger partial charge is 0.383 e. The third kappa shape index (κ3) is 5.80. The van der Waals surface area contributed by atoms with E-state index in [1.54, 1.807) is 7.11 Å². The smallest absolute Gasteiger partial charge is 0.0630 e. The Bertz CT molecular complexity index is 265. The first kappa shape index (κ1) is 16.9. The fraction of sp³-hybridized carbons (Fsp3) is 1.00. The predicted molar refractivity (Wildman–Crippen MR) is 82.6 cm³/mol. The topological polar surface area (TPSA) is 24.5 Å². The predicted octanol–water partition coefficient (Wildman–Crippen LogP) is 2.76. The van der Waals surface area contributed by atoms with Crippen LogP contribution in [0.5, 0.6) is 0 Å². The third-order valence-corrected chi connectivity index (χ3v) is 4.19. The molecule has 2 unspecified atom stereocenters.